The summed E-state index contributed by atoms with van der Waals surface area (Å²) in [5, 5.41) is 0. The van der Waals surface area contributed by atoms with Crippen LogP contribution < -0.4 is 0 Å². The maximum Gasteiger partial charge on any atom is 0.163 e. The molecule has 0 saturated heterocycles. The number of benzene rings is 1. The van der Waals surface area contributed by atoms with Crippen LogP contribution in [0.15, 0.2) is 12.1 Å². The minimum Gasteiger partial charge on any atom is -0.294 e. The predicted molar refractivity (Wildman–Crippen MR) is 80.8 cm³/mol. The van der Waals surface area contributed by atoms with Gasteiger partial charge in [-0.25, -0.2) is 0 Å². The van der Waals surface area contributed by atoms with E-state index in [1.807, 2.05) is 0 Å². The Kier molecular flexibility index (Phi) is 4.79. The number of hydrogen-bond acceptors (Lipinski definition) is 1. The molecule has 1 aromatic rings. The monoisotopic (exact) mass is 258 g/mol. The zero-order valence-corrected chi connectivity index (χ0v) is 12.6. The lowest BCUT2D eigenvalue weighted by molar-refractivity contribution is 0.0969. The lowest BCUT2D eigenvalue weighted by Gasteiger charge is -2.21. The van der Waals surface area contributed by atoms with Gasteiger partial charge in [-0.2, -0.15) is 0 Å². The summed E-state index contributed by atoms with van der Waals surface area (Å²) in [5.41, 5.74) is 4.59. The van der Waals surface area contributed by atoms with Crippen molar-refractivity contribution in [2.45, 2.75) is 65.7 Å². The molecule has 1 saturated carbocycles. The third-order valence-corrected chi connectivity index (χ3v) is 4.65. The summed E-state index contributed by atoms with van der Waals surface area (Å²) in [5.74, 6) is 1.13. The Morgan fingerprint density at radius 1 is 1.00 bits per heavy atom. The number of carbonyl (C=O) groups excluding carboxylic acids is 1. The highest BCUT2D eigenvalue weighted by molar-refractivity contribution is 5.97. The van der Waals surface area contributed by atoms with E-state index in [4.69, 9.17) is 0 Å². The van der Waals surface area contributed by atoms with Crippen molar-refractivity contribution in [3.05, 3.63) is 34.4 Å². The second-order valence-electron chi connectivity index (χ2n) is 6.22. The Balaban J connectivity index is 1.97. The number of ketones is 1. The lowest BCUT2D eigenvalue weighted by atomic mass is 9.84. The summed E-state index contributed by atoms with van der Waals surface area (Å²) >= 11 is 0. The first kappa shape index (κ1) is 14.3. The van der Waals surface area contributed by atoms with E-state index < -0.39 is 0 Å². The van der Waals surface area contributed by atoms with Gasteiger partial charge in [0.2, 0.25) is 0 Å². The second kappa shape index (κ2) is 6.36. The van der Waals surface area contributed by atoms with E-state index in [-0.39, 0.29) is 0 Å². The van der Waals surface area contributed by atoms with Gasteiger partial charge in [0.05, 0.1) is 0 Å². The molecule has 0 unspecified atom stereocenters. The Hall–Kier alpha value is -1.11. The first-order chi connectivity index (χ1) is 9.08. The molecule has 0 spiro atoms. The molecule has 2 rings (SSSR count). The van der Waals surface area contributed by atoms with Crippen LogP contribution in [0.2, 0.25) is 0 Å². The maximum absolute atomic E-state index is 12.4. The number of hydrogen-bond donors (Lipinski definition) is 0. The van der Waals surface area contributed by atoms with Gasteiger partial charge in [-0.05, 0) is 55.9 Å². The molecule has 0 aromatic heterocycles. The summed E-state index contributed by atoms with van der Waals surface area (Å²) in [7, 11) is 0. The Morgan fingerprint density at radius 2 is 1.63 bits per heavy atom. The van der Waals surface area contributed by atoms with Crippen molar-refractivity contribution in [1.29, 1.82) is 0 Å². The highest BCUT2D eigenvalue weighted by atomic mass is 16.1. The van der Waals surface area contributed by atoms with Gasteiger partial charge in [0.15, 0.2) is 5.78 Å². The fourth-order valence-corrected chi connectivity index (χ4v) is 3.21. The van der Waals surface area contributed by atoms with Crippen molar-refractivity contribution in [3.8, 4) is 0 Å². The highest BCUT2D eigenvalue weighted by Gasteiger charge is 2.16. The number of aryl methyl sites for hydroxylation is 3. The van der Waals surface area contributed by atoms with E-state index in [2.05, 4.69) is 32.9 Å². The smallest absolute Gasteiger partial charge is 0.163 e. The molecular formula is C18H26O. The third-order valence-electron chi connectivity index (χ3n) is 4.65. The quantitative estimate of drug-likeness (QED) is 0.682. The summed E-state index contributed by atoms with van der Waals surface area (Å²) in [6.07, 6.45) is 8.60. The average Bonchev–Trinajstić information content (AvgIpc) is 2.41. The molecule has 1 nitrogen and oxygen atoms in total. The SMILES string of the molecule is Cc1cc(C)c(C(=O)CCC2CCCCC2)cc1C. The Bertz CT molecular complexity index is 453. The first-order valence-corrected chi connectivity index (χ1v) is 7.69. The second-order valence-corrected chi connectivity index (χ2v) is 6.22. The van der Waals surface area contributed by atoms with Crippen LogP contribution in [0.1, 0.15) is 72.0 Å². The van der Waals surface area contributed by atoms with Gasteiger partial charge in [-0.3, -0.25) is 4.79 Å². The molecule has 0 bridgehead atoms. The van der Waals surface area contributed by atoms with Gasteiger partial charge in [0, 0.05) is 12.0 Å². The van der Waals surface area contributed by atoms with E-state index in [0.29, 0.717) is 5.78 Å². The van der Waals surface area contributed by atoms with Crippen LogP contribution in [0.5, 0.6) is 0 Å². The van der Waals surface area contributed by atoms with Crippen molar-refractivity contribution in [1.82, 2.24) is 0 Å². The van der Waals surface area contributed by atoms with Crippen LogP contribution in [0.4, 0.5) is 0 Å². The van der Waals surface area contributed by atoms with Crippen LogP contribution in [0.3, 0.4) is 0 Å². The van der Waals surface area contributed by atoms with E-state index in [1.54, 1.807) is 0 Å². The van der Waals surface area contributed by atoms with Crippen molar-refractivity contribution in [2.24, 2.45) is 5.92 Å². The minimum absolute atomic E-state index is 0.339. The minimum atomic E-state index is 0.339. The van der Waals surface area contributed by atoms with Crippen LogP contribution in [0, 0.1) is 26.7 Å². The molecule has 0 atom stereocenters. The van der Waals surface area contributed by atoms with E-state index in [1.165, 1.54) is 43.2 Å². The molecule has 104 valence electrons. The van der Waals surface area contributed by atoms with Gasteiger partial charge >= 0.3 is 0 Å². The zero-order chi connectivity index (χ0) is 13.8. The van der Waals surface area contributed by atoms with Crippen LogP contribution >= 0.6 is 0 Å². The number of Topliss-reactive ketones (excluding diaryl/α,β-unsaturated/α-hetero) is 1. The molecule has 0 heterocycles. The van der Waals surface area contributed by atoms with E-state index >= 15 is 0 Å². The summed E-state index contributed by atoms with van der Waals surface area (Å²) in [6.45, 7) is 6.26. The van der Waals surface area contributed by atoms with Gasteiger partial charge in [0.1, 0.15) is 0 Å². The average molecular weight is 258 g/mol. The molecule has 1 fully saturated rings. The van der Waals surface area contributed by atoms with E-state index in [9.17, 15) is 4.79 Å². The summed E-state index contributed by atoms with van der Waals surface area (Å²) in [6, 6.07) is 4.22. The fourth-order valence-electron chi connectivity index (χ4n) is 3.21. The lowest BCUT2D eigenvalue weighted by Crippen LogP contribution is -2.10. The van der Waals surface area contributed by atoms with Crippen LogP contribution in [-0.4, -0.2) is 5.78 Å². The number of rotatable bonds is 4. The van der Waals surface area contributed by atoms with Gasteiger partial charge in [-0.1, -0.05) is 38.2 Å². The zero-order valence-electron chi connectivity index (χ0n) is 12.6. The highest BCUT2D eigenvalue weighted by Crippen LogP contribution is 2.28. The van der Waals surface area contributed by atoms with Gasteiger partial charge < -0.3 is 0 Å². The van der Waals surface area contributed by atoms with Gasteiger partial charge in [0.25, 0.3) is 0 Å². The van der Waals surface area contributed by atoms with Crippen LogP contribution in [-0.2, 0) is 0 Å². The van der Waals surface area contributed by atoms with Crippen LogP contribution in [0.25, 0.3) is 0 Å². The topological polar surface area (TPSA) is 17.1 Å². The third kappa shape index (κ3) is 3.68. The molecule has 0 aliphatic heterocycles. The van der Waals surface area contributed by atoms with Crippen molar-refractivity contribution in [2.75, 3.05) is 0 Å². The van der Waals surface area contributed by atoms with E-state index in [0.717, 1.165) is 29.9 Å². The molecule has 1 aliphatic carbocycles. The normalized spacial score (nSPS) is 16.6. The fraction of sp³-hybridized carbons (Fsp3) is 0.611. The van der Waals surface area contributed by atoms with Crippen molar-refractivity contribution < 1.29 is 4.79 Å². The standard InChI is InChI=1S/C18H26O/c1-13-11-15(3)17(12-14(13)2)18(19)10-9-16-7-5-4-6-8-16/h11-12,16H,4-10H2,1-3H3. The van der Waals surface area contributed by atoms with Gasteiger partial charge in [-0.15, -0.1) is 0 Å². The molecule has 0 amide bonds. The maximum atomic E-state index is 12.4. The summed E-state index contributed by atoms with van der Waals surface area (Å²) < 4.78 is 0. The predicted octanol–water partition coefficient (Wildman–Crippen LogP) is 5.16. The van der Waals surface area contributed by atoms with Crippen molar-refractivity contribution >= 4 is 5.78 Å². The van der Waals surface area contributed by atoms with Crippen molar-refractivity contribution in [3.63, 3.8) is 0 Å². The molecule has 0 N–H and O–H groups in total. The Morgan fingerprint density at radius 3 is 2.32 bits per heavy atom. The molecule has 19 heavy (non-hydrogen) atoms. The molecule has 1 heteroatoms. The largest absolute Gasteiger partial charge is 0.294 e. The summed E-state index contributed by atoms with van der Waals surface area (Å²) in [4.78, 5) is 12.4. The number of carbonyl (C=O) groups is 1. The molecular weight excluding hydrogens is 232 g/mol. The Labute approximate surface area is 117 Å². The molecule has 1 aromatic carbocycles. The first-order valence-electron chi connectivity index (χ1n) is 7.69. The molecule has 0 radical (unpaired) electrons. The molecule has 1 aliphatic rings.